The highest BCUT2D eigenvalue weighted by Crippen LogP contribution is 2.50. The zero-order valence-corrected chi connectivity index (χ0v) is 32.7. The fraction of sp³-hybridized carbons (Fsp3) is 0.659. The Morgan fingerprint density at radius 2 is 1.71 bits per heavy atom. The molecule has 3 amide bonds. The molecule has 3 aliphatic carbocycles. The highest BCUT2D eigenvalue weighted by atomic mass is 32.2. The van der Waals surface area contributed by atoms with E-state index < -0.39 is 67.7 Å². The summed E-state index contributed by atoms with van der Waals surface area (Å²) in [5.74, 6) is -2.55. The molecule has 3 saturated carbocycles. The molecular formula is C41H53N5O8S. The largest absolute Gasteiger partial charge is 0.471 e. The van der Waals surface area contributed by atoms with E-state index in [1.54, 1.807) is 6.92 Å². The molecule has 1 saturated heterocycles. The van der Waals surface area contributed by atoms with Crippen LogP contribution in [0.15, 0.2) is 36.4 Å². The van der Waals surface area contributed by atoms with Crippen LogP contribution < -0.4 is 14.8 Å². The average molecular weight is 776 g/mol. The summed E-state index contributed by atoms with van der Waals surface area (Å²) < 4.78 is 40.3. The van der Waals surface area contributed by atoms with Crippen molar-refractivity contribution in [2.45, 2.75) is 145 Å². The second-order valence-corrected chi connectivity index (χ2v) is 19.6. The Hall–Kier alpha value is -4.07. The van der Waals surface area contributed by atoms with Crippen molar-refractivity contribution in [2.75, 3.05) is 6.54 Å². The molecule has 2 N–H and O–H groups in total. The molecule has 1 aromatic heterocycles. The molecule has 3 bridgehead atoms. The SMILES string of the molecule is CC1(S(=O)(=O)NC(=O)[C@@]23C[C@H]2/C=C\CCCCC[C@@H]2CC(=O)O[C@]4(C)C[C@H]4CCCCCc4nc5ccccc5nc4O[C@@H]4C[C@@H](C(=O)N3)N(C4)C2=O)CC1. The standard InChI is InChI=1S/C41H53N5O8S/c1-39(19-20-39)55(51,52)45-38(50)41-24-28(41)15-8-5-3-4-7-13-26-21-34(47)54-40(2)23-27(40)14-9-6-10-18-32-36(43-31-17-12-11-16-30(31)42-32)53-29-22-33(35(48)44-41)46(25-29)37(26)49/h8,11-12,15-17,26-29,33H,3-7,9-10,13-14,18-25H2,1-2H3,(H,44,48)(H,45,50)/b15-8-/t26-,27-,28-,29-,33+,40-,41-/m1/s1. The molecule has 0 spiro atoms. The predicted octanol–water partition coefficient (Wildman–Crippen LogP) is 4.82. The molecule has 4 fully saturated rings. The van der Waals surface area contributed by atoms with Crippen LogP contribution in [0.1, 0.15) is 116 Å². The lowest BCUT2D eigenvalue weighted by molar-refractivity contribution is -0.156. The van der Waals surface area contributed by atoms with Crippen molar-refractivity contribution in [3.8, 4) is 5.88 Å². The van der Waals surface area contributed by atoms with Crippen molar-refractivity contribution < 1.29 is 37.1 Å². The molecule has 55 heavy (non-hydrogen) atoms. The van der Waals surface area contributed by atoms with Crippen LogP contribution in [-0.4, -0.2) is 81.6 Å². The number of fused-ring (bicyclic) bond motifs is 6. The van der Waals surface area contributed by atoms with Gasteiger partial charge in [-0.15, -0.1) is 0 Å². The molecule has 0 unspecified atom stereocenters. The molecule has 6 aliphatic rings. The van der Waals surface area contributed by atoms with E-state index in [1.807, 2.05) is 43.3 Å². The maximum absolute atomic E-state index is 14.7. The summed E-state index contributed by atoms with van der Waals surface area (Å²) in [5, 5.41) is 2.94. The van der Waals surface area contributed by atoms with Crippen LogP contribution in [0.3, 0.4) is 0 Å². The van der Waals surface area contributed by atoms with Crippen LogP contribution in [0.4, 0.5) is 0 Å². The fourth-order valence-electron chi connectivity index (χ4n) is 8.84. The number of sulfonamides is 1. The lowest BCUT2D eigenvalue weighted by atomic mass is 9.95. The van der Waals surface area contributed by atoms with E-state index in [1.165, 1.54) is 4.90 Å². The zero-order valence-electron chi connectivity index (χ0n) is 31.9. The van der Waals surface area contributed by atoms with Crippen LogP contribution in [0.25, 0.3) is 11.0 Å². The number of nitrogens with one attached hydrogen (secondary N) is 2. The third-order valence-electron chi connectivity index (χ3n) is 13.1. The molecule has 3 aliphatic heterocycles. The van der Waals surface area contributed by atoms with E-state index in [2.05, 4.69) is 10.0 Å². The lowest BCUT2D eigenvalue weighted by Gasteiger charge is -2.29. The Morgan fingerprint density at radius 3 is 2.49 bits per heavy atom. The number of hydrogen-bond acceptors (Lipinski definition) is 10. The molecule has 0 radical (unpaired) electrons. The molecule has 14 heteroatoms. The highest BCUT2D eigenvalue weighted by molar-refractivity contribution is 7.91. The lowest BCUT2D eigenvalue weighted by Crippen LogP contribution is -2.57. The van der Waals surface area contributed by atoms with Gasteiger partial charge in [-0.25, -0.2) is 18.4 Å². The first kappa shape index (κ1) is 37.8. The number of allylic oxidation sites excluding steroid dienone is 1. The second kappa shape index (κ2) is 14.5. The number of carbonyl (C=O) groups is 4. The molecule has 1 aromatic carbocycles. The topological polar surface area (TPSA) is 174 Å². The van der Waals surface area contributed by atoms with Crippen molar-refractivity contribution in [1.29, 1.82) is 0 Å². The Labute approximate surface area is 322 Å². The summed E-state index contributed by atoms with van der Waals surface area (Å²) >= 11 is 0. The minimum absolute atomic E-state index is 0.0610. The van der Waals surface area contributed by atoms with Crippen molar-refractivity contribution in [3.63, 3.8) is 0 Å². The summed E-state index contributed by atoms with van der Waals surface area (Å²) in [6, 6.07) is 6.55. The first-order chi connectivity index (χ1) is 26.3. The third-order valence-corrected chi connectivity index (χ3v) is 15.2. The predicted molar refractivity (Wildman–Crippen MR) is 203 cm³/mol. The average Bonchev–Trinajstić information content (AvgIpc) is 4.09. The minimum Gasteiger partial charge on any atom is -0.471 e. The van der Waals surface area contributed by atoms with Crippen molar-refractivity contribution in [1.82, 2.24) is 24.9 Å². The fourth-order valence-corrected chi connectivity index (χ4v) is 10.2. The number of aryl methyl sites for hydroxylation is 1. The van der Waals surface area contributed by atoms with Gasteiger partial charge in [-0.05, 0) is 90.2 Å². The highest BCUT2D eigenvalue weighted by Gasteiger charge is 2.63. The van der Waals surface area contributed by atoms with Gasteiger partial charge in [0.1, 0.15) is 29.0 Å². The van der Waals surface area contributed by atoms with Gasteiger partial charge in [-0.2, -0.15) is 0 Å². The van der Waals surface area contributed by atoms with Gasteiger partial charge in [-0.3, -0.25) is 23.9 Å². The molecule has 296 valence electrons. The second-order valence-electron chi connectivity index (χ2n) is 17.4. The zero-order chi connectivity index (χ0) is 38.6. The van der Waals surface area contributed by atoms with E-state index in [0.29, 0.717) is 43.5 Å². The van der Waals surface area contributed by atoms with Gasteiger partial charge in [0, 0.05) is 24.2 Å². The molecule has 4 heterocycles. The Bertz CT molecular complexity index is 2020. The Kier molecular flexibility index (Phi) is 9.95. The van der Waals surface area contributed by atoms with E-state index in [9.17, 15) is 27.6 Å². The van der Waals surface area contributed by atoms with Gasteiger partial charge in [0.05, 0.1) is 28.7 Å². The maximum atomic E-state index is 14.7. The number of amides is 3. The molecule has 7 atom stereocenters. The van der Waals surface area contributed by atoms with Crippen molar-refractivity contribution in [3.05, 3.63) is 42.1 Å². The third kappa shape index (κ3) is 7.72. The van der Waals surface area contributed by atoms with Crippen LogP contribution in [0, 0.1) is 17.8 Å². The smallest absolute Gasteiger partial charge is 0.307 e. The molecule has 13 nitrogen and oxygen atoms in total. The van der Waals surface area contributed by atoms with Gasteiger partial charge < -0.3 is 19.7 Å². The van der Waals surface area contributed by atoms with Crippen LogP contribution in [0.5, 0.6) is 5.88 Å². The number of hydrogen-bond donors (Lipinski definition) is 2. The number of nitrogens with zero attached hydrogens (tertiary/aromatic N) is 3. The van der Waals surface area contributed by atoms with E-state index in [0.717, 1.165) is 62.6 Å². The molecular weight excluding hydrogens is 723 g/mol. The van der Waals surface area contributed by atoms with Crippen molar-refractivity contribution in [2.24, 2.45) is 17.8 Å². The first-order valence-electron chi connectivity index (χ1n) is 20.3. The molecule has 2 aromatic rings. The summed E-state index contributed by atoms with van der Waals surface area (Å²) in [4.78, 5) is 67.9. The van der Waals surface area contributed by atoms with Crippen LogP contribution in [0.2, 0.25) is 0 Å². The minimum atomic E-state index is -3.97. The van der Waals surface area contributed by atoms with Gasteiger partial charge >= 0.3 is 5.97 Å². The summed E-state index contributed by atoms with van der Waals surface area (Å²) in [6.07, 6.45) is 13.2. The quantitative estimate of drug-likeness (QED) is 0.325. The molecule has 8 rings (SSSR count). The van der Waals surface area contributed by atoms with Gasteiger partial charge in [-0.1, -0.05) is 50.0 Å². The maximum Gasteiger partial charge on any atom is 0.307 e. The van der Waals surface area contributed by atoms with Crippen molar-refractivity contribution >= 4 is 44.7 Å². The number of rotatable bonds is 3. The number of carbonyl (C=O) groups excluding carboxylic acids is 4. The first-order valence-corrected chi connectivity index (χ1v) is 21.8. The normalized spacial score (nSPS) is 34.5. The van der Waals surface area contributed by atoms with Gasteiger partial charge in [0.2, 0.25) is 27.7 Å². The van der Waals surface area contributed by atoms with Gasteiger partial charge in [0.25, 0.3) is 5.91 Å². The van der Waals surface area contributed by atoms with E-state index in [-0.39, 0.29) is 37.6 Å². The number of para-hydroxylation sites is 2. The number of aromatic nitrogens is 2. The van der Waals surface area contributed by atoms with Gasteiger partial charge in [0.15, 0.2) is 0 Å². The number of esters is 1. The summed E-state index contributed by atoms with van der Waals surface area (Å²) in [7, 11) is -3.97. The number of benzene rings is 1. The van der Waals surface area contributed by atoms with E-state index in [4.69, 9.17) is 19.4 Å². The monoisotopic (exact) mass is 775 g/mol. The summed E-state index contributed by atoms with van der Waals surface area (Å²) in [5.41, 5.74) is 0.129. The van der Waals surface area contributed by atoms with Crippen LogP contribution >= 0.6 is 0 Å². The van der Waals surface area contributed by atoms with Crippen LogP contribution in [-0.2, 0) is 40.4 Å². The van der Waals surface area contributed by atoms with E-state index >= 15 is 0 Å². The Morgan fingerprint density at radius 1 is 0.964 bits per heavy atom. The summed E-state index contributed by atoms with van der Waals surface area (Å²) in [6.45, 7) is 3.65. The number of ether oxygens (including phenoxy) is 2. The Balaban J connectivity index is 1.13.